The molecule has 202 valence electrons. The van der Waals surface area contributed by atoms with E-state index in [-0.39, 0.29) is 13.2 Å². The molecule has 0 unspecified atom stereocenters. The van der Waals surface area contributed by atoms with Crippen molar-refractivity contribution >= 4 is 28.9 Å². The van der Waals surface area contributed by atoms with Crippen LogP contribution in [0.3, 0.4) is 0 Å². The average molecular weight is 532 g/mol. The molecule has 0 radical (unpaired) electrons. The van der Waals surface area contributed by atoms with Crippen molar-refractivity contribution in [3.8, 4) is 5.75 Å². The molecule has 1 aromatic heterocycles. The molecule has 2 aliphatic heterocycles. The van der Waals surface area contributed by atoms with Gasteiger partial charge in [0.1, 0.15) is 29.6 Å². The molecule has 9 nitrogen and oxygen atoms in total. The molecule has 0 saturated carbocycles. The second kappa shape index (κ2) is 9.41. The van der Waals surface area contributed by atoms with Crippen molar-refractivity contribution in [2.75, 3.05) is 13.2 Å². The lowest BCUT2D eigenvalue weighted by atomic mass is 9.85. The number of rotatable bonds is 7. The van der Waals surface area contributed by atoms with Crippen molar-refractivity contribution < 1.29 is 33.0 Å². The summed E-state index contributed by atoms with van der Waals surface area (Å²) in [5.74, 6) is -0.302. The fourth-order valence-corrected chi connectivity index (χ4v) is 4.78. The van der Waals surface area contributed by atoms with Crippen LogP contribution in [-0.2, 0) is 21.3 Å². The number of carbonyl (C=O) groups is 3. The Balaban J connectivity index is 1.22. The maximum atomic E-state index is 12.6. The minimum Gasteiger partial charge on any atom is -0.485 e. The number of hydrogen-bond donors (Lipinski definition) is 0. The molecule has 39 heavy (non-hydrogen) atoms. The van der Waals surface area contributed by atoms with Crippen LogP contribution in [0.2, 0.25) is 0 Å². The van der Waals surface area contributed by atoms with Gasteiger partial charge in [0, 0.05) is 28.9 Å². The van der Waals surface area contributed by atoms with E-state index in [1.807, 2.05) is 26.0 Å². The fraction of sp³-hybridized carbons (Fsp3) is 0.333. The highest BCUT2D eigenvalue weighted by molar-refractivity contribution is 6.21. The van der Waals surface area contributed by atoms with Crippen molar-refractivity contribution in [2.24, 2.45) is 0 Å². The van der Waals surface area contributed by atoms with Crippen LogP contribution in [0.25, 0.3) is 11.0 Å². The summed E-state index contributed by atoms with van der Waals surface area (Å²) >= 11 is 0. The molecule has 0 fully saturated rings. The number of allylic oxidation sites excluding steroid dienone is 1. The summed E-state index contributed by atoms with van der Waals surface area (Å²) in [6, 6.07) is 11.9. The van der Waals surface area contributed by atoms with Gasteiger partial charge in [0.25, 0.3) is 11.8 Å². The Morgan fingerprint density at radius 1 is 1.08 bits per heavy atom. The summed E-state index contributed by atoms with van der Waals surface area (Å²) in [5, 5.41) is 0.758. The van der Waals surface area contributed by atoms with Crippen LogP contribution in [0.15, 0.2) is 64.3 Å². The topological polar surface area (TPSA) is 112 Å². The summed E-state index contributed by atoms with van der Waals surface area (Å²) < 4.78 is 22.4. The number of hydrogen-bond acceptors (Lipinski definition) is 8. The molecule has 0 aliphatic carbocycles. The molecule has 5 rings (SSSR count). The van der Waals surface area contributed by atoms with Crippen molar-refractivity contribution in [2.45, 2.75) is 51.2 Å². The molecule has 9 heteroatoms. The zero-order chi connectivity index (χ0) is 28.1. The normalized spacial score (nSPS) is 16.6. The Labute approximate surface area is 224 Å². The zero-order valence-corrected chi connectivity index (χ0v) is 22.2. The second-order valence-electron chi connectivity index (χ2n) is 10.8. The van der Waals surface area contributed by atoms with E-state index < -0.39 is 40.7 Å². The summed E-state index contributed by atoms with van der Waals surface area (Å²) in [4.78, 5) is 51.1. The number of nitrogens with zero attached hydrogens (tertiary/aromatic N) is 1. The Morgan fingerprint density at radius 3 is 2.38 bits per heavy atom. The van der Waals surface area contributed by atoms with Gasteiger partial charge in [0.15, 0.2) is 0 Å². The molecule has 0 saturated heterocycles. The Hall–Kier alpha value is -4.40. The van der Waals surface area contributed by atoms with Gasteiger partial charge in [-0.05, 0) is 43.7 Å². The third-order valence-corrected chi connectivity index (χ3v) is 7.33. The highest BCUT2D eigenvalue weighted by Gasteiger charge is 2.41. The molecule has 0 N–H and O–H groups in total. The zero-order valence-electron chi connectivity index (χ0n) is 22.2. The van der Waals surface area contributed by atoms with E-state index >= 15 is 0 Å². The molecule has 0 spiro atoms. The van der Waals surface area contributed by atoms with Gasteiger partial charge in [-0.25, -0.2) is 9.59 Å². The van der Waals surface area contributed by atoms with Gasteiger partial charge in [0.2, 0.25) is 0 Å². The molecule has 3 heterocycles. The van der Waals surface area contributed by atoms with Crippen LogP contribution in [0.1, 0.15) is 59.5 Å². The van der Waals surface area contributed by atoms with Crippen LogP contribution in [-0.4, -0.2) is 47.7 Å². The lowest BCUT2D eigenvalue weighted by Crippen LogP contribution is -2.44. The van der Waals surface area contributed by atoms with E-state index in [9.17, 15) is 19.2 Å². The van der Waals surface area contributed by atoms with E-state index in [1.165, 1.54) is 0 Å². The van der Waals surface area contributed by atoms with Crippen LogP contribution < -0.4 is 10.4 Å². The van der Waals surface area contributed by atoms with Gasteiger partial charge >= 0.3 is 11.8 Å². The molecule has 1 atom stereocenters. The number of fused-ring (bicyclic) bond motifs is 3. The predicted molar refractivity (Wildman–Crippen MR) is 142 cm³/mol. The van der Waals surface area contributed by atoms with Crippen molar-refractivity contribution in [3.05, 3.63) is 87.8 Å². The molecule has 2 aromatic carbocycles. The maximum absolute atomic E-state index is 12.6. The predicted octanol–water partition coefficient (Wildman–Crippen LogP) is 4.79. The Bertz CT molecular complexity index is 1550. The smallest absolute Gasteiger partial charge is 0.485 e. The Morgan fingerprint density at radius 2 is 1.74 bits per heavy atom. The largest absolute Gasteiger partial charge is 0.509 e. The number of carbonyl (C=O) groups excluding carboxylic acids is 3. The first-order chi connectivity index (χ1) is 18.4. The van der Waals surface area contributed by atoms with Crippen molar-refractivity contribution in [3.63, 3.8) is 0 Å². The Kier molecular flexibility index (Phi) is 6.33. The molecule has 2 aliphatic rings. The lowest BCUT2D eigenvalue weighted by molar-refractivity contribution is -0.0678. The molecular weight excluding hydrogens is 502 g/mol. The van der Waals surface area contributed by atoms with E-state index in [0.29, 0.717) is 34.4 Å². The van der Waals surface area contributed by atoms with Gasteiger partial charge in [-0.2, -0.15) is 0 Å². The maximum Gasteiger partial charge on any atom is 0.509 e. The summed E-state index contributed by atoms with van der Waals surface area (Å²) in [5.41, 5.74) is 0.390. The van der Waals surface area contributed by atoms with Crippen LogP contribution in [0.5, 0.6) is 5.75 Å². The first-order valence-corrected chi connectivity index (χ1v) is 12.6. The first-order valence-electron chi connectivity index (χ1n) is 12.6. The van der Waals surface area contributed by atoms with E-state index in [0.717, 1.165) is 15.8 Å². The molecule has 0 bridgehead atoms. The summed E-state index contributed by atoms with van der Waals surface area (Å²) in [6.45, 7) is 10.7. The van der Waals surface area contributed by atoms with Crippen LogP contribution in [0.4, 0.5) is 4.79 Å². The minimum absolute atomic E-state index is 0.0876. The minimum atomic E-state index is -1.07. The van der Waals surface area contributed by atoms with Crippen LogP contribution >= 0.6 is 0 Å². The van der Waals surface area contributed by atoms with Crippen LogP contribution in [0, 0.1) is 0 Å². The first kappa shape index (κ1) is 26.2. The third-order valence-electron chi connectivity index (χ3n) is 7.33. The monoisotopic (exact) mass is 531 g/mol. The fourth-order valence-electron chi connectivity index (χ4n) is 4.78. The molecular formula is C30H29NO8. The van der Waals surface area contributed by atoms with E-state index in [4.69, 9.17) is 18.6 Å². The van der Waals surface area contributed by atoms with Gasteiger partial charge in [-0.1, -0.05) is 32.1 Å². The number of amides is 2. The highest BCUT2D eigenvalue weighted by Crippen LogP contribution is 2.38. The molecule has 3 aromatic rings. The summed E-state index contributed by atoms with van der Waals surface area (Å²) in [7, 11) is 0. The lowest BCUT2D eigenvalue weighted by Gasteiger charge is -2.30. The van der Waals surface area contributed by atoms with Crippen molar-refractivity contribution in [1.29, 1.82) is 0 Å². The number of imide groups is 1. The van der Waals surface area contributed by atoms with Gasteiger partial charge in [-0.3, -0.25) is 14.5 Å². The second-order valence-corrected chi connectivity index (χ2v) is 10.8. The van der Waals surface area contributed by atoms with Gasteiger partial charge in [-0.15, -0.1) is 6.58 Å². The van der Waals surface area contributed by atoms with E-state index in [1.54, 1.807) is 50.3 Å². The molecule has 2 amide bonds. The highest BCUT2D eigenvalue weighted by atomic mass is 16.7. The SMILES string of the molecule is C=CC(C)(C)c1cc2cc3c(cc2oc1=O)O[C@@H](C(C)(C)OC(=O)OCCN1C(=O)c2ccccc2C1=O)C3. The standard InChI is InChI=1S/C30H29NO8/c1-6-29(2,3)21-14-17-13-18-15-24(37-22(18)16-23(17)38-27(21)34)30(4,5)39-28(35)36-12-11-31-25(32)19-9-7-8-10-20(19)26(31)33/h6-10,13-14,16,24H,1,11-12,15H2,2-5H3/t24-/m1/s1. The van der Waals surface area contributed by atoms with Crippen molar-refractivity contribution in [1.82, 2.24) is 4.90 Å². The third kappa shape index (κ3) is 4.69. The summed E-state index contributed by atoms with van der Waals surface area (Å²) in [6.07, 6.45) is 0.698. The van der Waals surface area contributed by atoms with Gasteiger partial charge < -0.3 is 18.6 Å². The number of ether oxygens (including phenoxy) is 3. The quantitative estimate of drug-likeness (QED) is 0.185. The number of benzene rings is 2. The van der Waals surface area contributed by atoms with Gasteiger partial charge in [0.05, 0.1) is 17.7 Å². The average Bonchev–Trinajstić information content (AvgIpc) is 3.41. The van der Waals surface area contributed by atoms with E-state index in [2.05, 4.69) is 6.58 Å².